The second kappa shape index (κ2) is 6.29. The highest BCUT2D eigenvalue weighted by atomic mass is 35.5. The molecule has 19 heavy (non-hydrogen) atoms. The number of halogens is 1. The molecular weight excluding hydrogens is 260 g/mol. The molecule has 1 fully saturated rings. The van der Waals surface area contributed by atoms with Crippen molar-refractivity contribution in [2.75, 3.05) is 18.0 Å². The number of anilines is 1. The van der Waals surface area contributed by atoms with E-state index >= 15 is 0 Å². The summed E-state index contributed by atoms with van der Waals surface area (Å²) in [6, 6.07) is 8.26. The fourth-order valence-corrected chi connectivity index (χ4v) is 2.43. The number of benzene rings is 1. The maximum atomic E-state index is 11.7. The van der Waals surface area contributed by atoms with Crippen LogP contribution < -0.4 is 10.2 Å². The number of carbonyl (C=O) groups excluding carboxylic acids is 1. The average Bonchev–Trinajstić information content (AvgIpc) is 2.40. The zero-order valence-electron chi connectivity index (χ0n) is 11.5. The molecule has 1 aliphatic heterocycles. The molecule has 1 aromatic rings. The lowest BCUT2D eigenvalue weighted by Gasteiger charge is -2.34. The van der Waals surface area contributed by atoms with Crippen LogP contribution in [-0.2, 0) is 4.79 Å². The van der Waals surface area contributed by atoms with Gasteiger partial charge in [-0.25, -0.2) is 0 Å². The Morgan fingerprint density at radius 2 is 1.84 bits per heavy atom. The Bertz CT molecular complexity index is 422. The Morgan fingerprint density at radius 1 is 1.26 bits per heavy atom. The number of hydrogen-bond donors (Lipinski definition) is 1. The molecule has 1 aromatic carbocycles. The van der Waals surface area contributed by atoms with Crippen molar-refractivity contribution < 1.29 is 4.79 Å². The molecule has 1 N–H and O–H groups in total. The summed E-state index contributed by atoms with van der Waals surface area (Å²) in [7, 11) is 0. The number of carbonyl (C=O) groups is 1. The van der Waals surface area contributed by atoms with Gasteiger partial charge in [0.1, 0.15) is 0 Å². The summed E-state index contributed by atoms with van der Waals surface area (Å²) < 4.78 is 0. The van der Waals surface area contributed by atoms with E-state index in [-0.39, 0.29) is 11.8 Å². The number of piperidine rings is 1. The Morgan fingerprint density at radius 3 is 2.37 bits per heavy atom. The molecule has 104 valence electrons. The van der Waals surface area contributed by atoms with Gasteiger partial charge in [0.2, 0.25) is 5.91 Å². The van der Waals surface area contributed by atoms with E-state index in [0.29, 0.717) is 6.04 Å². The van der Waals surface area contributed by atoms with Gasteiger partial charge < -0.3 is 10.2 Å². The highest BCUT2D eigenvalue weighted by Crippen LogP contribution is 2.22. The molecule has 1 heterocycles. The van der Waals surface area contributed by atoms with E-state index in [9.17, 15) is 4.79 Å². The minimum absolute atomic E-state index is 0.0642. The van der Waals surface area contributed by atoms with Gasteiger partial charge in [-0.1, -0.05) is 25.4 Å². The third kappa shape index (κ3) is 3.87. The highest BCUT2D eigenvalue weighted by Gasteiger charge is 2.21. The van der Waals surface area contributed by atoms with Crippen molar-refractivity contribution in [2.45, 2.75) is 32.7 Å². The second-order valence-electron chi connectivity index (χ2n) is 5.40. The quantitative estimate of drug-likeness (QED) is 0.923. The van der Waals surface area contributed by atoms with Gasteiger partial charge in [0.25, 0.3) is 0 Å². The normalized spacial score (nSPS) is 16.7. The summed E-state index contributed by atoms with van der Waals surface area (Å²) in [5.41, 5.74) is 1.21. The molecule has 0 radical (unpaired) electrons. The first-order chi connectivity index (χ1) is 9.06. The number of nitrogens with zero attached hydrogens (tertiary/aromatic N) is 1. The van der Waals surface area contributed by atoms with E-state index in [2.05, 4.69) is 22.3 Å². The van der Waals surface area contributed by atoms with Crippen LogP contribution in [-0.4, -0.2) is 25.0 Å². The third-order valence-electron chi connectivity index (χ3n) is 3.56. The van der Waals surface area contributed by atoms with Crippen LogP contribution in [0, 0.1) is 5.92 Å². The Balaban J connectivity index is 1.85. The van der Waals surface area contributed by atoms with Gasteiger partial charge in [0.05, 0.1) is 0 Å². The van der Waals surface area contributed by atoms with Crippen molar-refractivity contribution in [3.63, 3.8) is 0 Å². The van der Waals surface area contributed by atoms with Crippen molar-refractivity contribution in [1.82, 2.24) is 5.32 Å². The van der Waals surface area contributed by atoms with Gasteiger partial charge >= 0.3 is 0 Å². The maximum Gasteiger partial charge on any atom is 0.222 e. The predicted molar refractivity (Wildman–Crippen MR) is 79.7 cm³/mol. The Kier molecular flexibility index (Phi) is 4.70. The van der Waals surface area contributed by atoms with Crippen molar-refractivity contribution >= 4 is 23.2 Å². The van der Waals surface area contributed by atoms with Gasteiger partial charge in [-0.05, 0) is 37.1 Å². The number of rotatable bonds is 3. The van der Waals surface area contributed by atoms with E-state index in [0.717, 1.165) is 31.0 Å². The van der Waals surface area contributed by atoms with Crippen LogP contribution in [0.4, 0.5) is 5.69 Å². The largest absolute Gasteiger partial charge is 0.371 e. The van der Waals surface area contributed by atoms with Crippen LogP contribution in [0.2, 0.25) is 5.02 Å². The van der Waals surface area contributed by atoms with Crippen LogP contribution in [0.1, 0.15) is 26.7 Å². The first kappa shape index (κ1) is 14.2. The molecule has 0 aliphatic carbocycles. The fourth-order valence-electron chi connectivity index (χ4n) is 2.30. The predicted octanol–water partition coefficient (Wildman–Crippen LogP) is 3.08. The van der Waals surface area contributed by atoms with Crippen molar-refractivity contribution in [3.05, 3.63) is 29.3 Å². The maximum absolute atomic E-state index is 11.7. The molecule has 0 aromatic heterocycles. The zero-order valence-corrected chi connectivity index (χ0v) is 12.3. The molecule has 4 heteroatoms. The SMILES string of the molecule is CC(C)C(=O)NC1CCN(c2ccc(Cl)cc2)CC1. The average molecular weight is 281 g/mol. The summed E-state index contributed by atoms with van der Waals surface area (Å²) in [4.78, 5) is 14.0. The zero-order chi connectivity index (χ0) is 13.8. The van der Waals surface area contributed by atoms with Crippen LogP contribution in [0.5, 0.6) is 0 Å². The minimum atomic E-state index is 0.0642. The topological polar surface area (TPSA) is 32.3 Å². The lowest BCUT2D eigenvalue weighted by Crippen LogP contribution is -2.45. The van der Waals surface area contributed by atoms with Gasteiger partial charge in [0.15, 0.2) is 0 Å². The van der Waals surface area contributed by atoms with Gasteiger partial charge in [0, 0.05) is 35.8 Å². The van der Waals surface area contributed by atoms with Crippen molar-refractivity contribution in [1.29, 1.82) is 0 Å². The van der Waals surface area contributed by atoms with E-state index < -0.39 is 0 Å². The molecule has 0 spiro atoms. The first-order valence-corrected chi connectivity index (χ1v) is 7.25. The van der Waals surface area contributed by atoms with Crippen molar-refractivity contribution in [2.24, 2.45) is 5.92 Å². The van der Waals surface area contributed by atoms with Crippen LogP contribution in [0.15, 0.2) is 24.3 Å². The summed E-state index contributed by atoms with van der Waals surface area (Å²) in [6.45, 7) is 5.81. The molecule has 0 atom stereocenters. The Labute approximate surface area is 119 Å². The number of amides is 1. The molecule has 1 aliphatic rings. The van der Waals surface area contributed by atoms with E-state index in [1.165, 1.54) is 5.69 Å². The molecule has 3 nitrogen and oxygen atoms in total. The molecule has 2 rings (SSSR count). The minimum Gasteiger partial charge on any atom is -0.371 e. The molecule has 1 amide bonds. The van der Waals surface area contributed by atoms with Crippen LogP contribution in [0.25, 0.3) is 0 Å². The number of nitrogens with one attached hydrogen (secondary N) is 1. The van der Waals surface area contributed by atoms with E-state index in [4.69, 9.17) is 11.6 Å². The van der Waals surface area contributed by atoms with Gasteiger partial charge in [-0.2, -0.15) is 0 Å². The summed E-state index contributed by atoms with van der Waals surface area (Å²) in [6.07, 6.45) is 2.00. The Hall–Kier alpha value is -1.22. The van der Waals surface area contributed by atoms with E-state index in [1.807, 2.05) is 26.0 Å². The molecule has 1 saturated heterocycles. The lowest BCUT2D eigenvalue weighted by molar-refractivity contribution is -0.124. The van der Waals surface area contributed by atoms with Gasteiger partial charge in [-0.15, -0.1) is 0 Å². The molecule has 0 unspecified atom stereocenters. The van der Waals surface area contributed by atoms with Crippen LogP contribution in [0.3, 0.4) is 0 Å². The standard InChI is InChI=1S/C15H21ClN2O/c1-11(2)15(19)17-13-7-9-18(10-8-13)14-5-3-12(16)4-6-14/h3-6,11,13H,7-10H2,1-2H3,(H,17,19). The monoisotopic (exact) mass is 280 g/mol. The summed E-state index contributed by atoms with van der Waals surface area (Å²) >= 11 is 5.89. The van der Waals surface area contributed by atoms with Gasteiger partial charge in [-0.3, -0.25) is 4.79 Å². The second-order valence-corrected chi connectivity index (χ2v) is 5.84. The number of hydrogen-bond acceptors (Lipinski definition) is 2. The lowest BCUT2D eigenvalue weighted by atomic mass is 10.0. The molecule has 0 saturated carbocycles. The highest BCUT2D eigenvalue weighted by molar-refractivity contribution is 6.30. The molecular formula is C15H21ClN2O. The van der Waals surface area contributed by atoms with Crippen molar-refractivity contribution in [3.8, 4) is 0 Å². The van der Waals surface area contributed by atoms with E-state index in [1.54, 1.807) is 0 Å². The third-order valence-corrected chi connectivity index (χ3v) is 3.81. The first-order valence-electron chi connectivity index (χ1n) is 6.87. The fraction of sp³-hybridized carbons (Fsp3) is 0.533. The summed E-state index contributed by atoms with van der Waals surface area (Å²) in [5, 5.41) is 3.88. The molecule has 0 bridgehead atoms. The van der Waals surface area contributed by atoms with Crippen LogP contribution >= 0.6 is 11.6 Å². The summed E-state index contributed by atoms with van der Waals surface area (Å²) in [5.74, 6) is 0.222. The smallest absolute Gasteiger partial charge is 0.222 e.